The van der Waals surface area contributed by atoms with Gasteiger partial charge in [0.05, 0.1) is 25.3 Å². The summed E-state index contributed by atoms with van der Waals surface area (Å²) >= 11 is 7.05. The van der Waals surface area contributed by atoms with E-state index in [2.05, 4.69) is 85.7 Å². The van der Waals surface area contributed by atoms with Crippen LogP contribution in [-0.2, 0) is 0 Å². The first-order valence-electron chi connectivity index (χ1n) is 9.75. The van der Waals surface area contributed by atoms with Crippen molar-refractivity contribution in [3.63, 3.8) is 0 Å². The molecule has 6 heteroatoms. The van der Waals surface area contributed by atoms with Crippen LogP contribution in [0.2, 0.25) is 0 Å². The Morgan fingerprint density at radius 3 is 2.13 bits per heavy atom. The predicted octanol–water partition coefficient (Wildman–Crippen LogP) is 6.45. The number of benzene rings is 3. The highest BCUT2D eigenvalue weighted by Gasteiger charge is 2.32. The zero-order chi connectivity index (χ0) is 21.1. The van der Waals surface area contributed by atoms with Gasteiger partial charge in [-0.3, -0.25) is 4.99 Å². The maximum absolute atomic E-state index is 5.89. The van der Waals surface area contributed by atoms with Crippen LogP contribution in [0.1, 0.15) is 35.7 Å². The van der Waals surface area contributed by atoms with E-state index in [-0.39, 0.29) is 12.1 Å². The van der Waals surface area contributed by atoms with Gasteiger partial charge in [-0.1, -0.05) is 56.1 Å². The second kappa shape index (κ2) is 9.23. The van der Waals surface area contributed by atoms with Crippen molar-refractivity contribution in [3.05, 3.63) is 92.4 Å². The molecule has 0 saturated heterocycles. The van der Waals surface area contributed by atoms with Crippen LogP contribution in [0.5, 0.6) is 11.5 Å². The van der Waals surface area contributed by atoms with Crippen molar-refractivity contribution in [2.24, 2.45) is 4.99 Å². The highest BCUT2D eigenvalue weighted by molar-refractivity contribution is 9.10. The Morgan fingerprint density at radius 1 is 0.900 bits per heavy atom. The largest absolute Gasteiger partial charge is 0.497 e. The molecule has 0 aliphatic carbocycles. The lowest BCUT2D eigenvalue weighted by atomic mass is 9.95. The number of amidine groups is 1. The zero-order valence-electron chi connectivity index (χ0n) is 16.7. The zero-order valence-corrected chi connectivity index (χ0v) is 19.9. The lowest BCUT2D eigenvalue weighted by Crippen LogP contribution is -2.25. The minimum atomic E-state index is -0.0501. The van der Waals surface area contributed by atoms with Crippen molar-refractivity contribution in [3.8, 4) is 11.5 Å². The third-order valence-corrected chi connectivity index (χ3v) is 6.12. The third kappa shape index (κ3) is 4.40. The molecule has 0 spiro atoms. The van der Waals surface area contributed by atoms with Crippen LogP contribution in [0, 0.1) is 0 Å². The van der Waals surface area contributed by atoms with Gasteiger partial charge in [-0.15, -0.1) is 0 Å². The Labute approximate surface area is 193 Å². The Balaban J connectivity index is 1.76. The van der Waals surface area contributed by atoms with E-state index in [9.17, 15) is 0 Å². The van der Waals surface area contributed by atoms with E-state index in [0.717, 1.165) is 37.4 Å². The molecule has 1 aliphatic heterocycles. The van der Waals surface area contributed by atoms with Gasteiger partial charge in [-0.05, 0) is 54.4 Å². The van der Waals surface area contributed by atoms with Crippen LogP contribution in [-0.4, -0.2) is 19.6 Å². The number of hydrogen-bond donors (Lipinski definition) is 1. The second-order valence-corrected chi connectivity index (χ2v) is 8.77. The van der Waals surface area contributed by atoms with E-state index >= 15 is 0 Å². The first-order chi connectivity index (χ1) is 14.6. The van der Waals surface area contributed by atoms with Crippen LogP contribution < -0.4 is 14.8 Å². The Kier molecular flexibility index (Phi) is 6.44. The van der Waals surface area contributed by atoms with E-state index in [4.69, 9.17) is 14.5 Å². The fourth-order valence-corrected chi connectivity index (χ4v) is 4.12. The van der Waals surface area contributed by atoms with Crippen molar-refractivity contribution in [2.45, 2.75) is 19.0 Å². The van der Waals surface area contributed by atoms with E-state index in [1.54, 1.807) is 7.11 Å². The molecule has 2 atom stereocenters. The maximum atomic E-state index is 5.89. The summed E-state index contributed by atoms with van der Waals surface area (Å²) < 4.78 is 13.4. The molecule has 0 fully saturated rings. The normalized spacial score (nSPS) is 17.9. The maximum Gasteiger partial charge on any atom is 0.133 e. The minimum Gasteiger partial charge on any atom is -0.497 e. The molecule has 3 aromatic carbocycles. The fourth-order valence-electron chi connectivity index (χ4n) is 3.59. The molecule has 0 saturated carbocycles. The van der Waals surface area contributed by atoms with Gasteiger partial charge in [0, 0.05) is 15.0 Å². The smallest absolute Gasteiger partial charge is 0.133 e. The summed E-state index contributed by atoms with van der Waals surface area (Å²) in [5.74, 6) is 2.34. The Bertz CT molecular complexity index is 1050. The fraction of sp³-hybridized carbons (Fsp3) is 0.208. The van der Waals surface area contributed by atoms with E-state index < -0.39 is 0 Å². The number of ether oxygens (including phenoxy) is 2. The summed E-state index contributed by atoms with van der Waals surface area (Å²) in [7, 11) is 1.66. The van der Waals surface area contributed by atoms with Gasteiger partial charge >= 0.3 is 0 Å². The van der Waals surface area contributed by atoms with Gasteiger partial charge in [0.15, 0.2) is 0 Å². The van der Waals surface area contributed by atoms with Crippen LogP contribution in [0.25, 0.3) is 0 Å². The molecule has 2 unspecified atom stereocenters. The lowest BCUT2D eigenvalue weighted by Gasteiger charge is -2.20. The van der Waals surface area contributed by atoms with E-state index in [0.29, 0.717) is 6.61 Å². The first kappa shape index (κ1) is 20.9. The molecule has 4 nitrogen and oxygen atoms in total. The summed E-state index contributed by atoms with van der Waals surface area (Å²) in [4.78, 5) is 5.09. The highest BCUT2D eigenvalue weighted by Crippen LogP contribution is 2.39. The van der Waals surface area contributed by atoms with Gasteiger partial charge in [-0.25, -0.2) is 0 Å². The summed E-state index contributed by atoms with van der Waals surface area (Å²) in [5.41, 5.74) is 3.26. The van der Waals surface area contributed by atoms with Crippen molar-refractivity contribution in [2.75, 3.05) is 13.7 Å². The molecule has 154 valence electrons. The number of nitrogens with one attached hydrogen (secondary N) is 1. The monoisotopic (exact) mass is 528 g/mol. The standard InChI is InChI=1S/C24H22Br2N2O2/c1-3-30-21-14-19(29-2)12-13-20(21)24-27-22(15-4-8-17(25)9-5-15)23(28-24)16-6-10-18(26)11-7-16/h4-14,22-23H,3H2,1-2H3,(H,27,28). The van der Waals surface area contributed by atoms with Gasteiger partial charge in [0.25, 0.3) is 0 Å². The number of nitrogens with zero attached hydrogens (tertiary/aromatic N) is 1. The Hall–Kier alpha value is -2.31. The molecule has 30 heavy (non-hydrogen) atoms. The molecular weight excluding hydrogens is 508 g/mol. The number of rotatable bonds is 6. The first-order valence-corrected chi connectivity index (χ1v) is 11.3. The molecule has 0 aromatic heterocycles. The Morgan fingerprint density at radius 2 is 1.53 bits per heavy atom. The summed E-state index contributed by atoms with van der Waals surface area (Å²) in [5, 5.41) is 3.64. The lowest BCUT2D eigenvalue weighted by molar-refractivity contribution is 0.335. The van der Waals surface area contributed by atoms with Crippen molar-refractivity contribution >= 4 is 37.7 Å². The summed E-state index contributed by atoms with van der Waals surface area (Å²) in [6, 6.07) is 22.5. The summed E-state index contributed by atoms with van der Waals surface area (Å²) in [6.45, 7) is 2.54. The number of halogens is 2. The van der Waals surface area contributed by atoms with Crippen molar-refractivity contribution < 1.29 is 9.47 Å². The average molecular weight is 530 g/mol. The number of methoxy groups -OCH3 is 1. The molecule has 4 rings (SSSR count). The van der Waals surface area contributed by atoms with Crippen LogP contribution in [0.4, 0.5) is 0 Å². The predicted molar refractivity (Wildman–Crippen MR) is 128 cm³/mol. The molecular formula is C24H22Br2N2O2. The quantitative estimate of drug-likeness (QED) is 0.399. The molecule has 3 aromatic rings. The topological polar surface area (TPSA) is 42.9 Å². The molecule has 0 bridgehead atoms. The van der Waals surface area contributed by atoms with Crippen molar-refractivity contribution in [1.82, 2.24) is 5.32 Å². The van der Waals surface area contributed by atoms with Crippen LogP contribution >= 0.6 is 31.9 Å². The van der Waals surface area contributed by atoms with E-state index in [1.807, 2.05) is 25.1 Å². The van der Waals surface area contributed by atoms with Gasteiger partial charge in [-0.2, -0.15) is 0 Å². The third-order valence-electron chi connectivity index (χ3n) is 5.06. The number of aliphatic imine (C=N–C) groups is 1. The second-order valence-electron chi connectivity index (χ2n) is 6.94. The molecule has 1 heterocycles. The van der Waals surface area contributed by atoms with Crippen molar-refractivity contribution in [1.29, 1.82) is 0 Å². The number of hydrogen-bond acceptors (Lipinski definition) is 4. The highest BCUT2D eigenvalue weighted by atomic mass is 79.9. The minimum absolute atomic E-state index is 0.0193. The van der Waals surface area contributed by atoms with Gasteiger partial charge < -0.3 is 14.8 Å². The summed E-state index contributed by atoms with van der Waals surface area (Å²) in [6.07, 6.45) is 0. The average Bonchev–Trinajstić information content (AvgIpc) is 3.20. The van der Waals surface area contributed by atoms with E-state index in [1.165, 1.54) is 5.56 Å². The molecule has 0 amide bonds. The van der Waals surface area contributed by atoms with Crippen LogP contribution in [0.3, 0.4) is 0 Å². The van der Waals surface area contributed by atoms with Gasteiger partial charge in [0.2, 0.25) is 0 Å². The van der Waals surface area contributed by atoms with Crippen LogP contribution in [0.15, 0.2) is 80.7 Å². The molecule has 0 radical (unpaired) electrons. The van der Waals surface area contributed by atoms with Gasteiger partial charge in [0.1, 0.15) is 23.4 Å². The SMILES string of the molecule is CCOc1cc(OC)ccc1C1=NC(c2ccc(Br)cc2)C(c2ccc(Br)cc2)N1. The molecule has 1 aliphatic rings. The molecule has 1 N–H and O–H groups in total.